The minimum absolute atomic E-state index is 0.742. The zero-order chi connectivity index (χ0) is 17.3. The Morgan fingerprint density at radius 2 is 1.56 bits per heavy atom. The van der Waals surface area contributed by atoms with E-state index < -0.39 is 0 Å². The van der Waals surface area contributed by atoms with Crippen molar-refractivity contribution < 1.29 is 0 Å². The quantitative estimate of drug-likeness (QED) is 0.551. The normalized spacial score (nSPS) is 11.3. The van der Waals surface area contributed by atoms with Crippen molar-refractivity contribution in [3.8, 4) is 0 Å². The third kappa shape index (κ3) is 6.07. The first-order valence-corrected chi connectivity index (χ1v) is 8.80. The highest BCUT2D eigenvalue weighted by molar-refractivity contribution is 6.04. The smallest absolute Gasteiger partial charge is 0.256 e. The maximum absolute atomic E-state index is 4.44. The van der Waals surface area contributed by atoms with Crippen LogP contribution in [0.4, 0.5) is 0 Å². The molecule has 3 aromatic rings. The largest absolute Gasteiger partial charge is 0.397 e. The molecule has 0 amide bonds. The standard InChI is InChI=1S/C18H21N6.Al/c1-3-8-20-17(6-1)14-19-11-13-23(16-24-12-5-10-22-24)15-18-7-2-4-9-21-18;/h1-10,12H,11,13-16H2;/q-1;+1. The van der Waals surface area contributed by atoms with E-state index in [1.807, 2.05) is 65.9 Å². The average Bonchev–Trinajstić information content (AvgIpc) is 3.14. The molecule has 0 N–H and O–H groups in total. The number of aromatic nitrogens is 4. The first-order chi connectivity index (χ1) is 12.3. The van der Waals surface area contributed by atoms with Crippen LogP contribution in [0.15, 0.2) is 67.3 Å². The van der Waals surface area contributed by atoms with E-state index in [1.54, 1.807) is 0 Å². The van der Waals surface area contributed by atoms with Gasteiger partial charge in [0.15, 0.2) is 0 Å². The Morgan fingerprint density at radius 3 is 2.16 bits per heavy atom. The molecule has 0 aliphatic carbocycles. The molecule has 0 bridgehead atoms. The SMILES string of the molecule is [Al][N](CCN(Cc1ccccn1)Cn1cccn1)Cc1ccccn1. The number of hydrogen-bond donors (Lipinski definition) is 0. The molecule has 0 unspecified atom stereocenters. The minimum atomic E-state index is 0.742. The second-order valence-electron chi connectivity index (χ2n) is 5.85. The highest BCUT2D eigenvalue weighted by atomic mass is 27.1. The fourth-order valence-electron chi connectivity index (χ4n) is 2.56. The van der Waals surface area contributed by atoms with E-state index >= 15 is 0 Å². The molecular formula is C18H21AlN6. The lowest BCUT2D eigenvalue weighted by Gasteiger charge is -2.26. The molecule has 0 saturated heterocycles. The van der Waals surface area contributed by atoms with Crippen LogP contribution >= 0.6 is 0 Å². The van der Waals surface area contributed by atoms with Crippen molar-refractivity contribution in [2.75, 3.05) is 13.1 Å². The van der Waals surface area contributed by atoms with Crippen LogP contribution in [0, 0.1) is 0 Å². The highest BCUT2D eigenvalue weighted by Crippen LogP contribution is 2.04. The Balaban J connectivity index is 1.56. The summed E-state index contributed by atoms with van der Waals surface area (Å²) in [5.41, 5.74) is 2.13. The van der Waals surface area contributed by atoms with Crippen LogP contribution in [0.3, 0.4) is 0 Å². The van der Waals surface area contributed by atoms with Crippen molar-refractivity contribution in [3.63, 3.8) is 0 Å². The third-order valence-electron chi connectivity index (χ3n) is 3.81. The Kier molecular flexibility index (Phi) is 6.72. The summed E-state index contributed by atoms with van der Waals surface area (Å²) in [6.07, 6.45) is 7.46. The number of hydrogen-bond acceptors (Lipinski definition) is 5. The van der Waals surface area contributed by atoms with Gasteiger partial charge in [-0.25, -0.2) is 0 Å². The fraction of sp³-hybridized carbons (Fsp3) is 0.278. The molecular weight excluding hydrogens is 327 g/mol. The molecule has 0 aliphatic heterocycles. The van der Waals surface area contributed by atoms with Crippen LogP contribution in [0.25, 0.3) is 0 Å². The molecule has 3 heterocycles. The van der Waals surface area contributed by atoms with Crippen molar-refractivity contribution in [2.24, 2.45) is 0 Å². The molecule has 0 saturated carbocycles. The van der Waals surface area contributed by atoms with E-state index in [2.05, 4.69) is 46.4 Å². The molecule has 3 aromatic heterocycles. The van der Waals surface area contributed by atoms with Crippen LogP contribution in [-0.2, 0) is 19.8 Å². The van der Waals surface area contributed by atoms with E-state index in [4.69, 9.17) is 0 Å². The minimum Gasteiger partial charge on any atom is -0.397 e. The summed E-state index contributed by atoms with van der Waals surface area (Å²) in [5, 5.41) is 4.32. The Morgan fingerprint density at radius 1 is 0.840 bits per heavy atom. The van der Waals surface area contributed by atoms with E-state index in [-0.39, 0.29) is 0 Å². The molecule has 2 radical (unpaired) electrons. The van der Waals surface area contributed by atoms with Crippen LogP contribution in [0.5, 0.6) is 0 Å². The van der Waals surface area contributed by atoms with Crippen molar-refractivity contribution in [3.05, 3.63) is 78.6 Å². The van der Waals surface area contributed by atoms with Crippen molar-refractivity contribution >= 4 is 16.5 Å². The lowest BCUT2D eigenvalue weighted by Crippen LogP contribution is -2.35. The number of rotatable bonds is 9. The van der Waals surface area contributed by atoms with E-state index in [0.29, 0.717) is 0 Å². The molecule has 0 aromatic carbocycles. The predicted molar refractivity (Wildman–Crippen MR) is 97.3 cm³/mol. The van der Waals surface area contributed by atoms with E-state index in [1.165, 1.54) is 0 Å². The molecule has 0 spiro atoms. The van der Waals surface area contributed by atoms with Gasteiger partial charge in [-0.1, -0.05) is 12.1 Å². The first kappa shape index (κ1) is 17.8. The molecule has 0 fully saturated rings. The third-order valence-corrected chi connectivity index (χ3v) is 4.25. The second-order valence-corrected chi connectivity index (χ2v) is 6.58. The van der Waals surface area contributed by atoms with Gasteiger partial charge < -0.3 is 3.88 Å². The highest BCUT2D eigenvalue weighted by Gasteiger charge is 2.09. The molecule has 126 valence electrons. The van der Waals surface area contributed by atoms with Crippen LogP contribution in [0.2, 0.25) is 0 Å². The van der Waals surface area contributed by atoms with Gasteiger partial charge in [-0.2, -0.15) is 5.10 Å². The van der Waals surface area contributed by atoms with Crippen molar-refractivity contribution in [1.82, 2.24) is 28.5 Å². The van der Waals surface area contributed by atoms with Crippen molar-refractivity contribution in [1.29, 1.82) is 0 Å². The van der Waals surface area contributed by atoms with Gasteiger partial charge in [-0.05, 0) is 36.9 Å². The summed E-state index contributed by atoms with van der Waals surface area (Å²) in [6.45, 7) is 4.17. The summed E-state index contributed by atoms with van der Waals surface area (Å²) in [4.78, 5) is 11.2. The lowest BCUT2D eigenvalue weighted by atomic mass is 10.3. The molecule has 3 rings (SSSR count). The summed E-state index contributed by atoms with van der Waals surface area (Å²) >= 11 is 2.80. The van der Waals surface area contributed by atoms with Crippen LogP contribution in [0.1, 0.15) is 11.4 Å². The van der Waals surface area contributed by atoms with Crippen molar-refractivity contribution in [2.45, 2.75) is 19.8 Å². The van der Waals surface area contributed by atoms with Gasteiger partial charge in [0.25, 0.3) is 16.5 Å². The van der Waals surface area contributed by atoms with Gasteiger partial charge in [-0.15, -0.1) is 0 Å². The van der Waals surface area contributed by atoms with Gasteiger partial charge >= 0.3 is 0 Å². The summed E-state index contributed by atoms with van der Waals surface area (Å²) in [5.74, 6) is 0. The summed E-state index contributed by atoms with van der Waals surface area (Å²) in [6, 6.07) is 14.0. The van der Waals surface area contributed by atoms with E-state index in [0.717, 1.165) is 44.2 Å². The molecule has 0 atom stereocenters. The topological polar surface area (TPSA) is 50.1 Å². The second kappa shape index (κ2) is 9.45. The monoisotopic (exact) mass is 348 g/mol. The number of nitrogens with zero attached hydrogens (tertiary/aromatic N) is 6. The maximum Gasteiger partial charge on any atom is 0.256 e. The zero-order valence-electron chi connectivity index (χ0n) is 14.1. The summed E-state index contributed by atoms with van der Waals surface area (Å²) < 4.78 is 4.14. The number of pyridine rings is 2. The first-order valence-electron chi connectivity index (χ1n) is 8.29. The van der Waals surface area contributed by atoms with Crippen LogP contribution in [-0.4, -0.2) is 58.1 Å². The molecule has 25 heavy (non-hydrogen) atoms. The fourth-order valence-corrected chi connectivity index (χ4v) is 2.86. The molecule has 0 aliphatic rings. The van der Waals surface area contributed by atoms with E-state index in [9.17, 15) is 0 Å². The van der Waals surface area contributed by atoms with Gasteiger partial charge in [0.05, 0.1) is 18.1 Å². The molecule has 7 heteroatoms. The van der Waals surface area contributed by atoms with Crippen LogP contribution < -0.4 is 0 Å². The maximum atomic E-state index is 4.44. The zero-order valence-corrected chi connectivity index (χ0v) is 15.3. The van der Waals surface area contributed by atoms with Gasteiger partial charge in [-0.3, -0.25) is 19.5 Å². The van der Waals surface area contributed by atoms with Gasteiger partial charge in [0.2, 0.25) is 0 Å². The van der Waals surface area contributed by atoms with Gasteiger partial charge in [0, 0.05) is 44.4 Å². The Hall–Kier alpha value is -2.04. The van der Waals surface area contributed by atoms with Gasteiger partial charge in [0.1, 0.15) is 0 Å². The summed E-state index contributed by atoms with van der Waals surface area (Å²) in [7, 11) is 0. The predicted octanol–water partition coefficient (Wildman–Crippen LogP) is 1.72. The Bertz CT molecular complexity index is 720. The average molecular weight is 348 g/mol. The molecule has 6 nitrogen and oxygen atoms in total. The Labute approximate surface area is 156 Å². The lowest BCUT2D eigenvalue weighted by molar-refractivity contribution is 0.183.